The Morgan fingerprint density at radius 1 is 1.55 bits per heavy atom. The number of methoxy groups -OCH3 is 1. The molecule has 0 aliphatic carbocycles. The van der Waals surface area contributed by atoms with Gasteiger partial charge in [-0.3, -0.25) is 4.79 Å². The second-order valence-corrected chi connectivity index (χ2v) is 5.04. The minimum Gasteiger partial charge on any atom is -0.443 e. The highest BCUT2D eigenvalue weighted by Crippen LogP contribution is 2.23. The minimum absolute atomic E-state index is 0.0561. The smallest absolute Gasteiger partial charge is 0.257 e. The zero-order valence-electron chi connectivity index (χ0n) is 12.6. The van der Waals surface area contributed by atoms with Crippen molar-refractivity contribution in [2.24, 2.45) is 0 Å². The van der Waals surface area contributed by atoms with Gasteiger partial charge in [0.05, 0.1) is 12.1 Å². The Morgan fingerprint density at radius 2 is 2.41 bits per heavy atom. The Morgan fingerprint density at radius 3 is 3.18 bits per heavy atom. The molecule has 0 saturated carbocycles. The zero-order valence-corrected chi connectivity index (χ0v) is 12.6. The Kier molecular flexibility index (Phi) is 4.06. The molecule has 7 nitrogen and oxygen atoms in total. The molecule has 0 bridgehead atoms. The lowest BCUT2D eigenvalue weighted by molar-refractivity contribution is 0.0728. The molecule has 3 heterocycles. The van der Waals surface area contributed by atoms with Crippen LogP contribution in [0.3, 0.4) is 0 Å². The molecule has 0 fully saturated rings. The summed E-state index contributed by atoms with van der Waals surface area (Å²) in [7, 11) is 3.35. The lowest BCUT2D eigenvalue weighted by atomic mass is 10.1. The van der Waals surface area contributed by atoms with E-state index in [1.54, 1.807) is 37.4 Å². The molecule has 1 aliphatic rings. The van der Waals surface area contributed by atoms with Crippen molar-refractivity contribution in [2.75, 3.05) is 26.0 Å². The van der Waals surface area contributed by atoms with Crippen LogP contribution >= 0.6 is 0 Å². The summed E-state index contributed by atoms with van der Waals surface area (Å²) in [5.74, 6) is 1.92. The van der Waals surface area contributed by atoms with Crippen LogP contribution in [-0.4, -0.2) is 41.5 Å². The molecule has 7 heteroatoms. The molecule has 0 spiro atoms. The van der Waals surface area contributed by atoms with Gasteiger partial charge in [0, 0.05) is 33.3 Å². The standard InChI is InChI=1S/C15H18N4O3/c1-16-14-10(4-3-6-17-14)15(20)19-7-5-12-11(8-19)18-13(22-12)9-21-2/h3-4,6H,5,7-9H2,1-2H3,(H,16,17). The van der Waals surface area contributed by atoms with Crippen molar-refractivity contribution in [1.29, 1.82) is 0 Å². The van der Waals surface area contributed by atoms with E-state index < -0.39 is 0 Å². The van der Waals surface area contributed by atoms with E-state index in [1.165, 1.54) is 0 Å². The maximum absolute atomic E-state index is 12.7. The van der Waals surface area contributed by atoms with Gasteiger partial charge in [-0.25, -0.2) is 9.97 Å². The summed E-state index contributed by atoms with van der Waals surface area (Å²) >= 11 is 0. The molecular weight excluding hydrogens is 284 g/mol. The van der Waals surface area contributed by atoms with Crippen LogP contribution in [-0.2, 0) is 24.3 Å². The zero-order chi connectivity index (χ0) is 15.5. The van der Waals surface area contributed by atoms with E-state index in [1.807, 2.05) is 0 Å². The molecule has 2 aromatic rings. The first-order valence-electron chi connectivity index (χ1n) is 7.11. The molecular formula is C15H18N4O3. The number of rotatable bonds is 4. The lowest BCUT2D eigenvalue weighted by Gasteiger charge is -2.25. The maximum atomic E-state index is 12.7. The molecule has 0 saturated heterocycles. The third-order valence-electron chi connectivity index (χ3n) is 3.60. The van der Waals surface area contributed by atoms with E-state index in [-0.39, 0.29) is 5.91 Å². The number of fused-ring (bicyclic) bond motifs is 1. The number of hydrogen-bond acceptors (Lipinski definition) is 6. The summed E-state index contributed by atoms with van der Waals surface area (Å²) in [6, 6.07) is 3.53. The van der Waals surface area contributed by atoms with Crippen molar-refractivity contribution < 1.29 is 13.9 Å². The minimum atomic E-state index is -0.0561. The van der Waals surface area contributed by atoms with Gasteiger partial charge in [-0.2, -0.15) is 0 Å². The van der Waals surface area contributed by atoms with Crippen LogP contribution in [0.5, 0.6) is 0 Å². The maximum Gasteiger partial charge on any atom is 0.257 e. The van der Waals surface area contributed by atoms with E-state index in [2.05, 4.69) is 15.3 Å². The van der Waals surface area contributed by atoms with Gasteiger partial charge in [0.2, 0.25) is 5.89 Å². The van der Waals surface area contributed by atoms with Crippen molar-refractivity contribution in [3.8, 4) is 0 Å². The first kappa shape index (κ1) is 14.5. The molecule has 1 amide bonds. The topological polar surface area (TPSA) is 80.5 Å². The summed E-state index contributed by atoms with van der Waals surface area (Å²) in [6.07, 6.45) is 2.32. The van der Waals surface area contributed by atoms with Crippen molar-refractivity contribution in [2.45, 2.75) is 19.6 Å². The number of pyridine rings is 1. The number of nitrogens with one attached hydrogen (secondary N) is 1. The van der Waals surface area contributed by atoms with Crippen LogP contribution in [0.1, 0.15) is 27.7 Å². The van der Waals surface area contributed by atoms with E-state index in [0.717, 1.165) is 11.5 Å². The van der Waals surface area contributed by atoms with Crippen LogP contribution in [0.25, 0.3) is 0 Å². The molecule has 22 heavy (non-hydrogen) atoms. The van der Waals surface area contributed by atoms with E-state index >= 15 is 0 Å². The van der Waals surface area contributed by atoms with Crippen molar-refractivity contribution in [3.63, 3.8) is 0 Å². The molecule has 2 aromatic heterocycles. The van der Waals surface area contributed by atoms with Gasteiger partial charge < -0.3 is 19.4 Å². The molecule has 0 unspecified atom stereocenters. The Balaban J connectivity index is 1.80. The molecule has 0 aromatic carbocycles. The van der Waals surface area contributed by atoms with Crippen molar-refractivity contribution in [1.82, 2.24) is 14.9 Å². The summed E-state index contributed by atoms with van der Waals surface area (Å²) in [5.41, 5.74) is 1.37. The largest absolute Gasteiger partial charge is 0.443 e. The predicted octanol–water partition coefficient (Wildman–Crippen LogP) is 1.46. The van der Waals surface area contributed by atoms with Gasteiger partial charge in [0.1, 0.15) is 23.9 Å². The number of carbonyl (C=O) groups is 1. The second kappa shape index (κ2) is 6.15. The van der Waals surface area contributed by atoms with E-state index in [0.29, 0.717) is 43.4 Å². The summed E-state index contributed by atoms with van der Waals surface area (Å²) < 4.78 is 10.7. The molecule has 0 atom stereocenters. The molecule has 0 radical (unpaired) electrons. The fraction of sp³-hybridized carbons (Fsp3) is 0.400. The van der Waals surface area contributed by atoms with Crippen molar-refractivity contribution >= 4 is 11.7 Å². The van der Waals surface area contributed by atoms with E-state index in [9.17, 15) is 4.79 Å². The average Bonchev–Trinajstić information content (AvgIpc) is 2.96. The molecule has 116 valence electrons. The van der Waals surface area contributed by atoms with Gasteiger partial charge in [0.25, 0.3) is 5.91 Å². The predicted molar refractivity (Wildman–Crippen MR) is 79.4 cm³/mol. The lowest BCUT2D eigenvalue weighted by Crippen LogP contribution is -2.36. The number of hydrogen-bond donors (Lipinski definition) is 1. The third kappa shape index (κ3) is 2.67. The van der Waals surface area contributed by atoms with Gasteiger partial charge >= 0.3 is 0 Å². The molecule has 1 aliphatic heterocycles. The van der Waals surface area contributed by atoms with E-state index in [4.69, 9.17) is 9.15 Å². The number of anilines is 1. The van der Waals surface area contributed by atoms with Crippen LogP contribution in [0.4, 0.5) is 5.82 Å². The number of ether oxygens (including phenoxy) is 1. The fourth-order valence-corrected chi connectivity index (χ4v) is 2.56. The number of nitrogens with zero attached hydrogens (tertiary/aromatic N) is 3. The average molecular weight is 302 g/mol. The Hall–Kier alpha value is -2.41. The van der Waals surface area contributed by atoms with Gasteiger partial charge in [-0.05, 0) is 12.1 Å². The van der Waals surface area contributed by atoms with Gasteiger partial charge in [-0.15, -0.1) is 0 Å². The van der Waals surface area contributed by atoms with Crippen LogP contribution in [0.2, 0.25) is 0 Å². The quantitative estimate of drug-likeness (QED) is 0.921. The Bertz CT molecular complexity index is 683. The Labute approximate surface area is 128 Å². The molecule has 3 rings (SSSR count). The summed E-state index contributed by atoms with van der Waals surface area (Å²) in [5, 5.41) is 2.95. The summed E-state index contributed by atoms with van der Waals surface area (Å²) in [4.78, 5) is 23.0. The second-order valence-electron chi connectivity index (χ2n) is 5.04. The van der Waals surface area contributed by atoms with Crippen molar-refractivity contribution in [3.05, 3.63) is 41.2 Å². The number of oxazole rings is 1. The summed E-state index contributed by atoms with van der Waals surface area (Å²) in [6.45, 7) is 1.39. The first-order valence-corrected chi connectivity index (χ1v) is 7.11. The van der Waals surface area contributed by atoms with Gasteiger partial charge in [-0.1, -0.05) is 0 Å². The SMILES string of the molecule is CNc1ncccc1C(=O)N1CCc2oc(COC)nc2C1. The highest BCUT2D eigenvalue weighted by molar-refractivity contribution is 5.98. The molecule has 1 N–H and O–H groups in total. The highest BCUT2D eigenvalue weighted by atomic mass is 16.5. The first-order chi connectivity index (χ1) is 10.7. The van der Waals surface area contributed by atoms with Gasteiger partial charge in [0.15, 0.2) is 0 Å². The van der Waals surface area contributed by atoms with Crippen LogP contribution in [0.15, 0.2) is 22.7 Å². The highest BCUT2D eigenvalue weighted by Gasteiger charge is 2.27. The van der Waals surface area contributed by atoms with Crippen LogP contribution < -0.4 is 5.32 Å². The number of aromatic nitrogens is 2. The monoisotopic (exact) mass is 302 g/mol. The third-order valence-corrected chi connectivity index (χ3v) is 3.60. The number of carbonyl (C=O) groups excluding carboxylic acids is 1. The fourth-order valence-electron chi connectivity index (χ4n) is 2.56. The van der Waals surface area contributed by atoms with Crippen LogP contribution in [0, 0.1) is 0 Å². The normalized spacial score (nSPS) is 13.8. The number of amides is 1.